The van der Waals surface area contributed by atoms with Crippen molar-refractivity contribution in [3.63, 3.8) is 0 Å². The Morgan fingerprint density at radius 2 is 0.769 bits per heavy atom. The summed E-state index contributed by atoms with van der Waals surface area (Å²) in [5, 5.41) is 3.71. The molecule has 0 saturated heterocycles. The number of rotatable bonds is 6. The first-order valence-electron chi connectivity index (χ1n) is 17.8. The molecule has 0 N–H and O–H groups in total. The number of hydrogen-bond acceptors (Lipinski definition) is 0. The predicted molar refractivity (Wildman–Crippen MR) is 219 cm³/mol. The first kappa shape index (κ1) is 30.0. The van der Waals surface area contributed by atoms with E-state index in [2.05, 4.69) is 216 Å². The zero-order valence-electron chi connectivity index (χ0n) is 28.5. The summed E-state index contributed by atoms with van der Waals surface area (Å²) in [6.07, 6.45) is 2.23. The summed E-state index contributed by atoms with van der Waals surface area (Å²) in [5.74, 6) is 0. The van der Waals surface area contributed by atoms with Crippen LogP contribution in [0.2, 0.25) is 0 Å². The summed E-state index contributed by atoms with van der Waals surface area (Å²) in [7, 11) is 0. The van der Waals surface area contributed by atoms with Gasteiger partial charge < -0.3 is 9.13 Å². The lowest BCUT2D eigenvalue weighted by Crippen LogP contribution is -1.96. The second-order valence-corrected chi connectivity index (χ2v) is 13.4. The van der Waals surface area contributed by atoms with Crippen LogP contribution in [0.1, 0.15) is 0 Å². The van der Waals surface area contributed by atoms with Gasteiger partial charge in [-0.3, -0.25) is 0 Å². The molecule has 0 bridgehead atoms. The molecule has 0 aliphatic heterocycles. The highest BCUT2D eigenvalue weighted by Crippen LogP contribution is 2.40. The standard InChI is InChI=1S/C50H34N2/c1-5-14-35(15-6-1)38-20-13-21-39(30-38)40-24-26-49-47(34-40)45-25-27-48-46(50(45)52(49)43-22-11-4-12-23-43)28-29-51(48)44-32-41(36-16-7-2-8-17-36)31-42(33-44)37-18-9-3-10-19-37/h1-34H. The van der Waals surface area contributed by atoms with Gasteiger partial charge in [0.05, 0.1) is 16.6 Å². The van der Waals surface area contributed by atoms with Gasteiger partial charge in [0.15, 0.2) is 0 Å². The Balaban J connectivity index is 1.19. The maximum absolute atomic E-state index is 2.44. The number of fused-ring (bicyclic) bond motifs is 5. The summed E-state index contributed by atoms with van der Waals surface area (Å²) >= 11 is 0. The first-order valence-corrected chi connectivity index (χ1v) is 17.8. The third-order valence-electron chi connectivity index (χ3n) is 10.3. The monoisotopic (exact) mass is 662 g/mol. The van der Waals surface area contributed by atoms with Gasteiger partial charge in [0.25, 0.3) is 0 Å². The van der Waals surface area contributed by atoms with Crippen molar-refractivity contribution in [2.24, 2.45) is 0 Å². The van der Waals surface area contributed by atoms with Crippen molar-refractivity contribution >= 4 is 32.7 Å². The fourth-order valence-corrected chi connectivity index (χ4v) is 7.83. The van der Waals surface area contributed by atoms with Crippen LogP contribution in [0.4, 0.5) is 0 Å². The molecule has 0 fully saturated rings. The minimum Gasteiger partial charge on any atom is -0.316 e. The molecule has 2 nitrogen and oxygen atoms in total. The molecule has 0 spiro atoms. The van der Waals surface area contributed by atoms with Crippen molar-refractivity contribution < 1.29 is 0 Å². The third kappa shape index (κ3) is 5.12. The SMILES string of the molecule is c1ccc(-c2cccc(-c3ccc4c(c3)c3ccc5c(ccn5-c5cc(-c6ccccc6)cc(-c6ccccc6)c5)c3n4-c3ccccc3)c2)cc1. The Kier molecular flexibility index (Phi) is 7.18. The van der Waals surface area contributed by atoms with Crippen LogP contribution < -0.4 is 0 Å². The fraction of sp³-hybridized carbons (Fsp3) is 0. The molecule has 0 aliphatic rings. The molecule has 10 rings (SSSR count). The Labute approximate surface area is 303 Å². The molecule has 52 heavy (non-hydrogen) atoms. The van der Waals surface area contributed by atoms with E-state index in [-0.39, 0.29) is 0 Å². The van der Waals surface area contributed by atoms with Crippen molar-refractivity contribution in [2.45, 2.75) is 0 Å². The molecular weight excluding hydrogens is 629 g/mol. The second kappa shape index (κ2) is 12.5. The summed E-state index contributed by atoms with van der Waals surface area (Å²) < 4.78 is 4.79. The van der Waals surface area contributed by atoms with Crippen LogP contribution in [0.5, 0.6) is 0 Å². The van der Waals surface area contributed by atoms with Crippen LogP contribution in [-0.4, -0.2) is 9.13 Å². The van der Waals surface area contributed by atoms with E-state index in [4.69, 9.17) is 0 Å². The fourth-order valence-electron chi connectivity index (χ4n) is 7.83. The average Bonchev–Trinajstić information content (AvgIpc) is 3.81. The van der Waals surface area contributed by atoms with Gasteiger partial charge in [-0.15, -0.1) is 0 Å². The van der Waals surface area contributed by atoms with Gasteiger partial charge in [0.2, 0.25) is 0 Å². The Hall–Kier alpha value is -6.90. The molecule has 0 atom stereocenters. The van der Waals surface area contributed by atoms with E-state index in [0.717, 1.165) is 11.4 Å². The number of para-hydroxylation sites is 1. The van der Waals surface area contributed by atoms with Crippen LogP contribution >= 0.6 is 0 Å². The molecule has 0 radical (unpaired) electrons. The lowest BCUT2D eigenvalue weighted by Gasteiger charge is -2.13. The molecule has 8 aromatic carbocycles. The first-order chi connectivity index (χ1) is 25.8. The summed E-state index contributed by atoms with van der Waals surface area (Å²) in [6, 6.07) is 72.4. The molecule has 0 unspecified atom stereocenters. The molecule has 2 heteroatoms. The highest BCUT2D eigenvalue weighted by molar-refractivity contribution is 6.19. The van der Waals surface area contributed by atoms with Crippen LogP contribution in [0.25, 0.3) is 88.6 Å². The molecule has 244 valence electrons. The second-order valence-electron chi connectivity index (χ2n) is 13.4. The van der Waals surface area contributed by atoms with Gasteiger partial charge in [-0.25, -0.2) is 0 Å². The highest BCUT2D eigenvalue weighted by Gasteiger charge is 2.18. The minimum atomic E-state index is 1.14. The quantitative estimate of drug-likeness (QED) is 0.168. The normalized spacial score (nSPS) is 11.5. The van der Waals surface area contributed by atoms with Crippen molar-refractivity contribution in [3.05, 3.63) is 206 Å². The van der Waals surface area contributed by atoms with Gasteiger partial charge in [-0.05, 0) is 105 Å². The Morgan fingerprint density at radius 3 is 1.40 bits per heavy atom. The molecule has 0 saturated carbocycles. The minimum absolute atomic E-state index is 1.14. The maximum atomic E-state index is 2.44. The molecule has 10 aromatic rings. The Morgan fingerprint density at radius 1 is 0.269 bits per heavy atom. The van der Waals surface area contributed by atoms with Crippen molar-refractivity contribution in [3.8, 4) is 55.9 Å². The van der Waals surface area contributed by atoms with E-state index in [1.54, 1.807) is 0 Å². The number of aromatic nitrogens is 2. The summed E-state index contributed by atoms with van der Waals surface area (Å²) in [5.41, 5.74) is 15.5. The van der Waals surface area contributed by atoms with Gasteiger partial charge >= 0.3 is 0 Å². The van der Waals surface area contributed by atoms with E-state index in [9.17, 15) is 0 Å². The van der Waals surface area contributed by atoms with E-state index in [1.165, 1.54) is 77.2 Å². The predicted octanol–water partition coefficient (Wildman–Crippen LogP) is 13.4. The third-order valence-corrected chi connectivity index (χ3v) is 10.3. The van der Waals surface area contributed by atoms with Crippen molar-refractivity contribution in [1.29, 1.82) is 0 Å². The van der Waals surface area contributed by atoms with Crippen LogP contribution in [-0.2, 0) is 0 Å². The van der Waals surface area contributed by atoms with E-state index in [1.807, 2.05) is 0 Å². The number of hydrogen-bond donors (Lipinski definition) is 0. The average molecular weight is 663 g/mol. The van der Waals surface area contributed by atoms with E-state index >= 15 is 0 Å². The van der Waals surface area contributed by atoms with Crippen LogP contribution in [0.15, 0.2) is 206 Å². The smallest absolute Gasteiger partial charge is 0.0635 e. The Bertz CT molecular complexity index is 2810. The summed E-state index contributed by atoms with van der Waals surface area (Å²) in [4.78, 5) is 0. The van der Waals surface area contributed by atoms with Gasteiger partial charge in [-0.1, -0.05) is 140 Å². The van der Waals surface area contributed by atoms with Crippen LogP contribution in [0, 0.1) is 0 Å². The highest BCUT2D eigenvalue weighted by atomic mass is 15.0. The largest absolute Gasteiger partial charge is 0.316 e. The lowest BCUT2D eigenvalue weighted by molar-refractivity contribution is 1.13. The number of nitrogens with zero attached hydrogens (tertiary/aromatic N) is 2. The molecule has 2 heterocycles. The van der Waals surface area contributed by atoms with Gasteiger partial charge in [0.1, 0.15) is 0 Å². The van der Waals surface area contributed by atoms with Crippen molar-refractivity contribution in [1.82, 2.24) is 9.13 Å². The van der Waals surface area contributed by atoms with E-state index < -0.39 is 0 Å². The van der Waals surface area contributed by atoms with Crippen LogP contribution in [0.3, 0.4) is 0 Å². The maximum Gasteiger partial charge on any atom is 0.0635 e. The zero-order chi connectivity index (χ0) is 34.4. The van der Waals surface area contributed by atoms with Gasteiger partial charge in [0, 0.05) is 33.7 Å². The zero-order valence-corrected chi connectivity index (χ0v) is 28.5. The molecule has 0 amide bonds. The van der Waals surface area contributed by atoms with E-state index in [0.29, 0.717) is 0 Å². The number of benzene rings is 8. The lowest BCUT2D eigenvalue weighted by atomic mass is 9.97. The van der Waals surface area contributed by atoms with Crippen molar-refractivity contribution in [2.75, 3.05) is 0 Å². The molecular formula is C50H34N2. The summed E-state index contributed by atoms with van der Waals surface area (Å²) in [6.45, 7) is 0. The van der Waals surface area contributed by atoms with Gasteiger partial charge in [-0.2, -0.15) is 0 Å². The molecule has 2 aromatic heterocycles. The molecule has 0 aliphatic carbocycles. The topological polar surface area (TPSA) is 9.86 Å².